The molecular weight excluding hydrogens is 304 g/mol. The third-order valence-corrected chi connectivity index (χ3v) is 3.41. The lowest BCUT2D eigenvalue weighted by Crippen LogP contribution is -2.37. The molecule has 0 fully saturated rings. The number of benzene rings is 1. The molecule has 1 aromatic carbocycles. The third kappa shape index (κ3) is 5.35. The van der Waals surface area contributed by atoms with Crippen LogP contribution in [0.4, 0.5) is 0 Å². The Labute approximate surface area is 142 Å². The third-order valence-electron chi connectivity index (χ3n) is 3.41. The van der Waals surface area contributed by atoms with Crippen LogP contribution in [0.15, 0.2) is 61.2 Å². The Morgan fingerprint density at radius 3 is 2.62 bits per heavy atom. The second-order valence-electron chi connectivity index (χ2n) is 5.00. The summed E-state index contributed by atoms with van der Waals surface area (Å²) < 4.78 is 0. The molecule has 1 aromatic rings. The van der Waals surface area contributed by atoms with Crippen molar-refractivity contribution in [1.29, 1.82) is 0 Å². The normalized spacial score (nSPS) is 10.6. The van der Waals surface area contributed by atoms with Crippen molar-refractivity contribution >= 4 is 18.1 Å². The van der Waals surface area contributed by atoms with E-state index in [1.807, 2.05) is 13.0 Å². The maximum absolute atomic E-state index is 12.4. The summed E-state index contributed by atoms with van der Waals surface area (Å²) in [6.07, 6.45) is 5.13. The van der Waals surface area contributed by atoms with Gasteiger partial charge in [-0.25, -0.2) is 0 Å². The van der Waals surface area contributed by atoms with E-state index in [0.717, 1.165) is 5.56 Å². The van der Waals surface area contributed by atoms with Crippen LogP contribution >= 0.6 is 0 Å². The van der Waals surface area contributed by atoms with E-state index < -0.39 is 0 Å². The first-order chi connectivity index (χ1) is 11.6. The molecular formula is C19H22N2O3. The number of nitrogens with one attached hydrogen (secondary N) is 1. The largest absolute Gasteiger partial charge is 0.350 e. The van der Waals surface area contributed by atoms with Crippen molar-refractivity contribution in [3.8, 4) is 0 Å². The smallest absolute Gasteiger partial charge is 0.242 e. The number of nitrogens with zero attached hydrogens (tertiary/aromatic N) is 1. The Hall–Kier alpha value is -2.95. The Bertz CT molecular complexity index is 662. The number of hydrogen-bond donors (Lipinski definition) is 1. The van der Waals surface area contributed by atoms with Crippen LogP contribution in [0.2, 0.25) is 0 Å². The molecule has 24 heavy (non-hydrogen) atoms. The van der Waals surface area contributed by atoms with Gasteiger partial charge in [-0.2, -0.15) is 0 Å². The van der Waals surface area contributed by atoms with Crippen LogP contribution in [-0.2, 0) is 16.1 Å². The minimum absolute atomic E-state index is 0.0430. The molecule has 0 spiro atoms. The zero-order valence-corrected chi connectivity index (χ0v) is 13.8. The molecule has 126 valence electrons. The van der Waals surface area contributed by atoms with Crippen molar-refractivity contribution in [3.63, 3.8) is 0 Å². The van der Waals surface area contributed by atoms with E-state index in [0.29, 0.717) is 30.6 Å². The molecule has 2 amide bonds. The maximum atomic E-state index is 12.4. The predicted molar refractivity (Wildman–Crippen MR) is 94.4 cm³/mol. The van der Waals surface area contributed by atoms with Gasteiger partial charge in [-0.05, 0) is 18.6 Å². The number of likely N-dealkylation sites (N-methyl/N-ethyl adjacent to an activating group) is 1. The van der Waals surface area contributed by atoms with Crippen LogP contribution in [-0.4, -0.2) is 36.1 Å². The van der Waals surface area contributed by atoms with Gasteiger partial charge in [0.2, 0.25) is 12.3 Å². The van der Waals surface area contributed by atoms with Crippen LogP contribution in [0.5, 0.6) is 0 Å². The standard InChI is InChI=1S/C19H22N2O3/c1-4-8-16(5-2)19(24)17-10-7-9-15(11-17)13-21(6-3)18(23)12-20-14-22/h4-5,7-11,14H,1-2,6,12-13H2,3H3,(H,20,22)/b16-8+. The van der Waals surface area contributed by atoms with Gasteiger partial charge in [0.25, 0.3) is 0 Å². The number of ketones is 1. The van der Waals surface area contributed by atoms with Crippen LogP contribution in [0.3, 0.4) is 0 Å². The van der Waals surface area contributed by atoms with Crippen molar-refractivity contribution in [2.45, 2.75) is 13.5 Å². The molecule has 0 atom stereocenters. The summed E-state index contributed by atoms with van der Waals surface area (Å²) in [6.45, 7) is 9.91. The van der Waals surface area contributed by atoms with E-state index >= 15 is 0 Å². The van der Waals surface area contributed by atoms with Gasteiger partial charge >= 0.3 is 0 Å². The summed E-state index contributed by atoms with van der Waals surface area (Å²) in [4.78, 5) is 36.3. The maximum Gasteiger partial charge on any atom is 0.242 e. The minimum atomic E-state index is -0.181. The average molecular weight is 326 g/mol. The molecule has 0 radical (unpaired) electrons. The van der Waals surface area contributed by atoms with Crippen molar-refractivity contribution in [2.24, 2.45) is 0 Å². The van der Waals surface area contributed by atoms with E-state index in [4.69, 9.17) is 0 Å². The van der Waals surface area contributed by atoms with E-state index in [2.05, 4.69) is 18.5 Å². The summed E-state index contributed by atoms with van der Waals surface area (Å²) in [7, 11) is 0. The van der Waals surface area contributed by atoms with Crippen molar-refractivity contribution in [2.75, 3.05) is 13.1 Å². The van der Waals surface area contributed by atoms with Crippen molar-refractivity contribution in [1.82, 2.24) is 10.2 Å². The highest BCUT2D eigenvalue weighted by molar-refractivity contribution is 6.10. The highest BCUT2D eigenvalue weighted by atomic mass is 16.2. The number of hydrogen-bond acceptors (Lipinski definition) is 3. The van der Waals surface area contributed by atoms with Gasteiger partial charge in [0.15, 0.2) is 5.78 Å². The highest BCUT2D eigenvalue weighted by Crippen LogP contribution is 2.14. The summed E-state index contributed by atoms with van der Waals surface area (Å²) in [5.74, 6) is -0.330. The minimum Gasteiger partial charge on any atom is -0.350 e. The fourth-order valence-corrected chi connectivity index (χ4v) is 2.18. The number of allylic oxidation sites excluding steroid dienone is 4. The number of carbonyl (C=O) groups is 3. The molecule has 5 nitrogen and oxygen atoms in total. The zero-order chi connectivity index (χ0) is 17.9. The number of rotatable bonds is 10. The number of carbonyl (C=O) groups excluding carboxylic acids is 3. The second-order valence-corrected chi connectivity index (χ2v) is 5.00. The Morgan fingerprint density at radius 2 is 2.04 bits per heavy atom. The second kappa shape index (κ2) is 9.94. The summed E-state index contributed by atoms with van der Waals surface area (Å²) in [5, 5.41) is 2.36. The summed E-state index contributed by atoms with van der Waals surface area (Å²) in [6, 6.07) is 7.11. The SMILES string of the molecule is C=C/C=C(\C=C)C(=O)c1cccc(CN(CC)C(=O)CNC=O)c1. The molecule has 0 bridgehead atoms. The average Bonchev–Trinajstić information content (AvgIpc) is 2.61. The fraction of sp³-hybridized carbons (Fsp3) is 0.211. The lowest BCUT2D eigenvalue weighted by molar-refractivity contribution is -0.131. The Kier molecular flexibility index (Phi) is 7.91. The fourth-order valence-electron chi connectivity index (χ4n) is 2.18. The van der Waals surface area contributed by atoms with Gasteiger partial charge in [0.05, 0.1) is 6.54 Å². The van der Waals surface area contributed by atoms with E-state index in [9.17, 15) is 14.4 Å². The van der Waals surface area contributed by atoms with Crippen LogP contribution in [0.1, 0.15) is 22.8 Å². The molecule has 0 aromatic heterocycles. The molecule has 5 heteroatoms. The van der Waals surface area contributed by atoms with Gasteiger partial charge < -0.3 is 10.2 Å². The monoisotopic (exact) mass is 326 g/mol. The van der Waals surface area contributed by atoms with E-state index in [1.54, 1.807) is 29.2 Å². The van der Waals surface area contributed by atoms with Crippen molar-refractivity contribution in [3.05, 3.63) is 72.4 Å². The molecule has 0 saturated carbocycles. The van der Waals surface area contributed by atoms with Crippen LogP contribution < -0.4 is 5.32 Å². The molecule has 0 aliphatic heterocycles. The molecule has 1 N–H and O–H groups in total. The van der Waals surface area contributed by atoms with Gasteiger partial charge in [0, 0.05) is 24.2 Å². The number of amides is 2. The quantitative estimate of drug-likeness (QED) is 0.310. The molecule has 0 unspecified atom stereocenters. The Balaban J connectivity index is 2.95. The summed E-state index contributed by atoms with van der Waals surface area (Å²) >= 11 is 0. The van der Waals surface area contributed by atoms with Gasteiger partial charge in [0.1, 0.15) is 0 Å². The molecule has 0 aliphatic carbocycles. The topological polar surface area (TPSA) is 66.5 Å². The first kappa shape index (κ1) is 19.1. The molecule has 0 saturated heterocycles. The van der Waals surface area contributed by atoms with Crippen LogP contribution in [0.25, 0.3) is 0 Å². The predicted octanol–water partition coefficient (Wildman–Crippen LogP) is 2.26. The molecule has 0 aliphatic rings. The summed E-state index contributed by atoms with van der Waals surface area (Å²) in [5.41, 5.74) is 1.82. The van der Waals surface area contributed by atoms with Gasteiger partial charge in [-0.1, -0.05) is 49.6 Å². The first-order valence-corrected chi connectivity index (χ1v) is 7.61. The van der Waals surface area contributed by atoms with E-state index in [-0.39, 0.29) is 18.2 Å². The van der Waals surface area contributed by atoms with E-state index in [1.165, 1.54) is 12.2 Å². The van der Waals surface area contributed by atoms with Crippen molar-refractivity contribution < 1.29 is 14.4 Å². The lowest BCUT2D eigenvalue weighted by atomic mass is 10.0. The van der Waals surface area contributed by atoms with Gasteiger partial charge in [-0.15, -0.1) is 0 Å². The van der Waals surface area contributed by atoms with Gasteiger partial charge in [-0.3, -0.25) is 14.4 Å². The molecule has 0 heterocycles. The highest BCUT2D eigenvalue weighted by Gasteiger charge is 2.14. The Morgan fingerprint density at radius 1 is 1.29 bits per heavy atom. The lowest BCUT2D eigenvalue weighted by Gasteiger charge is -2.21. The van der Waals surface area contributed by atoms with Crippen LogP contribution in [0, 0.1) is 0 Å². The zero-order valence-electron chi connectivity index (χ0n) is 13.8. The molecule has 1 rings (SSSR count). The first-order valence-electron chi connectivity index (χ1n) is 7.61. The number of Topliss-reactive ketones (excluding diaryl/α,β-unsaturated/α-hetero) is 1.